The van der Waals surface area contributed by atoms with E-state index in [0.29, 0.717) is 5.69 Å². The number of halogens is 2. The second kappa shape index (κ2) is 7.56. The van der Waals surface area contributed by atoms with Gasteiger partial charge in [0.1, 0.15) is 17.2 Å². The topological polar surface area (TPSA) is 134 Å². The minimum Gasteiger partial charge on any atom is -0.419 e. The number of carbonyl (C=O) groups excluding carboxylic acids is 1. The number of anilines is 2. The standard InChI is InChI=1S/C17H16F2N4O4S/c1-21-28(25,26)10-7-5-9(6-8-10)22-17-14(15(20)24)23-16(27-17)13-11(18)3-2-4-12(13)19/h2-8,21-22,25-26H,1H3,(H2,20,24). The lowest BCUT2D eigenvalue weighted by atomic mass is 10.2. The highest BCUT2D eigenvalue weighted by Gasteiger charge is 2.23. The third kappa shape index (κ3) is 3.82. The van der Waals surface area contributed by atoms with Crippen molar-refractivity contribution in [3.8, 4) is 11.5 Å². The Kier molecular flexibility index (Phi) is 5.34. The number of aromatic nitrogens is 1. The van der Waals surface area contributed by atoms with E-state index in [1.165, 1.54) is 37.4 Å². The Bertz CT molecular complexity index is 1000. The zero-order valence-corrected chi connectivity index (χ0v) is 15.3. The lowest BCUT2D eigenvalue weighted by molar-refractivity contribution is 0.0996. The summed E-state index contributed by atoms with van der Waals surface area (Å²) in [6.45, 7) is 0. The third-order valence-corrected chi connectivity index (χ3v) is 5.26. The summed E-state index contributed by atoms with van der Waals surface area (Å²) in [5, 5.41) is 2.73. The second-order valence-corrected chi connectivity index (χ2v) is 7.54. The van der Waals surface area contributed by atoms with Crippen molar-refractivity contribution in [2.45, 2.75) is 4.90 Å². The average molecular weight is 410 g/mol. The number of hydrogen-bond acceptors (Lipinski definition) is 7. The van der Waals surface area contributed by atoms with Gasteiger partial charge in [0.25, 0.3) is 5.91 Å². The SMILES string of the molecule is CNS(O)(O)c1ccc(Nc2oc(-c3c(F)cccc3F)nc2C(N)=O)cc1. The number of rotatable bonds is 6. The first kappa shape index (κ1) is 19.8. The molecule has 6 N–H and O–H groups in total. The van der Waals surface area contributed by atoms with Crippen LogP contribution in [0.15, 0.2) is 51.8 Å². The molecule has 0 saturated heterocycles. The van der Waals surface area contributed by atoms with E-state index in [1.54, 1.807) is 0 Å². The predicted molar refractivity (Wildman–Crippen MR) is 100 cm³/mol. The minimum atomic E-state index is -3.12. The molecule has 3 aromatic rings. The number of benzene rings is 2. The highest BCUT2D eigenvalue weighted by Crippen LogP contribution is 2.43. The fraction of sp³-hybridized carbons (Fsp3) is 0.0588. The number of nitrogens with zero attached hydrogens (tertiary/aromatic N) is 1. The molecule has 0 unspecified atom stereocenters. The van der Waals surface area contributed by atoms with Crippen LogP contribution in [-0.4, -0.2) is 27.0 Å². The number of carbonyl (C=O) groups is 1. The first-order valence-electron chi connectivity index (χ1n) is 7.82. The third-order valence-electron chi connectivity index (χ3n) is 3.76. The number of nitrogens with two attached hydrogens (primary N) is 1. The van der Waals surface area contributed by atoms with Crippen LogP contribution in [-0.2, 0) is 0 Å². The molecule has 148 valence electrons. The van der Waals surface area contributed by atoms with Crippen molar-refractivity contribution in [2.24, 2.45) is 5.73 Å². The summed E-state index contributed by atoms with van der Waals surface area (Å²) < 4.78 is 55.3. The molecule has 0 aliphatic carbocycles. The minimum absolute atomic E-state index is 0.210. The molecule has 1 heterocycles. The largest absolute Gasteiger partial charge is 0.419 e. The van der Waals surface area contributed by atoms with Gasteiger partial charge in [-0.1, -0.05) is 6.07 Å². The zero-order valence-electron chi connectivity index (χ0n) is 14.4. The Hall–Kier alpha value is -2.99. The summed E-state index contributed by atoms with van der Waals surface area (Å²) >= 11 is 0. The van der Waals surface area contributed by atoms with E-state index in [2.05, 4.69) is 15.0 Å². The van der Waals surface area contributed by atoms with E-state index < -0.39 is 39.8 Å². The summed E-state index contributed by atoms with van der Waals surface area (Å²) in [6.07, 6.45) is 0. The molecule has 1 aromatic heterocycles. The van der Waals surface area contributed by atoms with Crippen molar-refractivity contribution in [3.63, 3.8) is 0 Å². The molecule has 0 aliphatic rings. The van der Waals surface area contributed by atoms with Crippen molar-refractivity contribution in [2.75, 3.05) is 12.4 Å². The maximum absolute atomic E-state index is 14.0. The molecule has 3 rings (SSSR count). The van der Waals surface area contributed by atoms with Gasteiger partial charge in [-0.2, -0.15) is 0 Å². The van der Waals surface area contributed by atoms with Crippen LogP contribution in [0.1, 0.15) is 10.5 Å². The van der Waals surface area contributed by atoms with Crippen molar-refractivity contribution in [1.29, 1.82) is 0 Å². The van der Waals surface area contributed by atoms with Crippen molar-refractivity contribution in [1.82, 2.24) is 9.71 Å². The van der Waals surface area contributed by atoms with Crippen LogP contribution in [0, 0.1) is 11.6 Å². The summed E-state index contributed by atoms with van der Waals surface area (Å²) in [4.78, 5) is 15.7. The first-order chi connectivity index (χ1) is 13.2. The summed E-state index contributed by atoms with van der Waals surface area (Å²) in [6, 6.07) is 9.08. The van der Waals surface area contributed by atoms with Crippen LogP contribution in [0.5, 0.6) is 0 Å². The normalized spacial score (nSPS) is 12.0. The lowest BCUT2D eigenvalue weighted by Crippen LogP contribution is -2.14. The fourth-order valence-corrected chi connectivity index (χ4v) is 3.11. The Morgan fingerprint density at radius 2 is 1.75 bits per heavy atom. The van der Waals surface area contributed by atoms with E-state index in [0.717, 1.165) is 12.1 Å². The maximum atomic E-state index is 14.0. The van der Waals surface area contributed by atoms with Crippen LogP contribution in [0.25, 0.3) is 11.5 Å². The van der Waals surface area contributed by atoms with Gasteiger partial charge in [-0.25, -0.2) is 18.5 Å². The van der Waals surface area contributed by atoms with E-state index >= 15 is 0 Å². The quantitative estimate of drug-likeness (QED) is 0.418. The Balaban J connectivity index is 1.96. The molecule has 1 amide bonds. The molecular weight excluding hydrogens is 394 g/mol. The molecular formula is C17H16F2N4O4S. The highest BCUT2D eigenvalue weighted by atomic mass is 32.3. The number of nitrogens with one attached hydrogen (secondary N) is 2. The predicted octanol–water partition coefficient (Wildman–Crippen LogP) is 3.71. The van der Waals surface area contributed by atoms with Crippen LogP contribution >= 0.6 is 10.8 Å². The van der Waals surface area contributed by atoms with E-state index in [1.807, 2.05) is 0 Å². The molecule has 0 bridgehead atoms. The number of amides is 1. The van der Waals surface area contributed by atoms with Crippen LogP contribution in [0.4, 0.5) is 20.4 Å². The summed E-state index contributed by atoms with van der Waals surface area (Å²) in [5.74, 6) is -3.45. The highest BCUT2D eigenvalue weighted by molar-refractivity contribution is 8.22. The van der Waals surface area contributed by atoms with Gasteiger partial charge < -0.3 is 15.5 Å². The molecule has 0 saturated carbocycles. The van der Waals surface area contributed by atoms with Crippen molar-refractivity contribution < 1.29 is 27.1 Å². The van der Waals surface area contributed by atoms with E-state index in [4.69, 9.17) is 10.2 Å². The lowest BCUT2D eigenvalue weighted by Gasteiger charge is -2.31. The summed E-state index contributed by atoms with van der Waals surface area (Å²) in [7, 11) is -1.72. The molecule has 11 heteroatoms. The number of primary amides is 1. The van der Waals surface area contributed by atoms with Gasteiger partial charge in [0.05, 0.1) is 4.90 Å². The first-order valence-corrected chi connectivity index (χ1v) is 9.36. The molecule has 0 spiro atoms. The maximum Gasteiger partial charge on any atom is 0.273 e. The van der Waals surface area contributed by atoms with Gasteiger partial charge in [0, 0.05) is 12.7 Å². The second-order valence-electron chi connectivity index (χ2n) is 5.56. The van der Waals surface area contributed by atoms with Gasteiger partial charge in [0.15, 0.2) is 5.69 Å². The molecule has 0 aliphatic heterocycles. The van der Waals surface area contributed by atoms with Crippen molar-refractivity contribution >= 4 is 28.3 Å². The zero-order chi connectivity index (χ0) is 20.5. The molecule has 2 aromatic carbocycles. The van der Waals surface area contributed by atoms with E-state index in [-0.39, 0.29) is 16.5 Å². The van der Waals surface area contributed by atoms with Gasteiger partial charge in [-0.15, -0.1) is 10.8 Å². The Labute approximate surface area is 159 Å². The average Bonchev–Trinajstić information content (AvgIpc) is 3.05. The molecule has 0 atom stereocenters. The molecule has 28 heavy (non-hydrogen) atoms. The van der Waals surface area contributed by atoms with Crippen LogP contribution < -0.4 is 15.8 Å². The van der Waals surface area contributed by atoms with Gasteiger partial charge in [-0.3, -0.25) is 13.9 Å². The Morgan fingerprint density at radius 3 is 2.29 bits per heavy atom. The van der Waals surface area contributed by atoms with E-state index in [9.17, 15) is 22.7 Å². The number of oxazole rings is 1. The molecule has 0 radical (unpaired) electrons. The summed E-state index contributed by atoms with van der Waals surface area (Å²) in [5.41, 5.74) is 4.78. The van der Waals surface area contributed by atoms with Crippen LogP contribution in [0.2, 0.25) is 0 Å². The Morgan fingerprint density at radius 1 is 1.14 bits per heavy atom. The van der Waals surface area contributed by atoms with Crippen LogP contribution in [0.3, 0.4) is 0 Å². The number of hydrogen-bond donors (Lipinski definition) is 5. The molecule has 8 nitrogen and oxygen atoms in total. The molecule has 0 fully saturated rings. The van der Waals surface area contributed by atoms with Gasteiger partial charge >= 0.3 is 0 Å². The fourth-order valence-electron chi connectivity index (χ4n) is 2.36. The van der Waals surface area contributed by atoms with Crippen molar-refractivity contribution in [3.05, 3.63) is 59.8 Å². The monoisotopic (exact) mass is 410 g/mol. The van der Waals surface area contributed by atoms with Gasteiger partial charge in [-0.05, 0) is 36.4 Å². The smallest absolute Gasteiger partial charge is 0.273 e. The van der Waals surface area contributed by atoms with Gasteiger partial charge in [0.2, 0.25) is 11.8 Å².